The third kappa shape index (κ3) is 2.77. The normalized spacial score (nSPS) is 12.1. The number of rotatable bonds is 2. The molecule has 1 heterocycles. The summed E-state index contributed by atoms with van der Waals surface area (Å²) in [5, 5.41) is 8.73. The first-order valence-corrected chi connectivity index (χ1v) is 4.86. The Morgan fingerprint density at radius 2 is 2.45 bits per heavy atom. The maximum Gasteiger partial charge on any atom is 0.0704 e. The third-order valence-electron chi connectivity index (χ3n) is 1.23. The second-order valence-corrected chi connectivity index (χ2v) is 4.79. The first-order chi connectivity index (χ1) is 5.22. The first-order valence-electron chi connectivity index (χ1n) is 3.26. The lowest BCUT2D eigenvalue weighted by Gasteiger charge is -1.90. The Bertz CT molecular complexity index is 265. The van der Waals surface area contributed by atoms with Crippen LogP contribution in [0, 0.1) is 0 Å². The van der Waals surface area contributed by atoms with Gasteiger partial charge >= 0.3 is 0 Å². The van der Waals surface area contributed by atoms with Gasteiger partial charge in [-0.15, -0.1) is 11.3 Å². The first kappa shape index (κ1) is 8.97. The summed E-state index contributed by atoms with van der Waals surface area (Å²) in [5.41, 5.74) is 0.986. The van der Waals surface area contributed by atoms with Gasteiger partial charge in [-0.1, -0.05) is 0 Å². The van der Waals surface area contributed by atoms with E-state index >= 15 is 0 Å². The molecule has 0 saturated heterocycles. The van der Waals surface area contributed by atoms with Crippen LogP contribution >= 0.6 is 27.3 Å². The zero-order valence-corrected chi connectivity index (χ0v) is 8.58. The largest absolute Gasteiger partial charge is 0.392 e. The van der Waals surface area contributed by atoms with Gasteiger partial charge in [0.15, 0.2) is 0 Å². The maximum atomic E-state index is 8.73. The molecule has 3 heteroatoms. The topological polar surface area (TPSA) is 20.2 Å². The molecular weight excluding hydrogens is 224 g/mol. The molecule has 1 nitrogen and oxygen atoms in total. The van der Waals surface area contributed by atoms with Crippen LogP contribution in [0.2, 0.25) is 0 Å². The molecule has 0 aromatic carbocycles. The second-order valence-electron chi connectivity index (χ2n) is 2.29. The van der Waals surface area contributed by atoms with Crippen molar-refractivity contribution in [2.24, 2.45) is 0 Å². The zero-order chi connectivity index (χ0) is 8.27. The minimum Gasteiger partial charge on any atom is -0.392 e. The van der Waals surface area contributed by atoms with E-state index in [1.165, 1.54) is 4.88 Å². The van der Waals surface area contributed by atoms with Gasteiger partial charge in [-0.25, -0.2) is 0 Å². The number of hydrogen-bond donors (Lipinski definition) is 1. The van der Waals surface area contributed by atoms with Gasteiger partial charge < -0.3 is 5.11 Å². The van der Waals surface area contributed by atoms with Crippen LogP contribution in [0.5, 0.6) is 0 Å². The van der Waals surface area contributed by atoms with E-state index in [1.807, 2.05) is 25.1 Å². The molecule has 11 heavy (non-hydrogen) atoms. The summed E-state index contributed by atoms with van der Waals surface area (Å²) in [6, 6.07) is 4.02. The van der Waals surface area contributed by atoms with Crippen LogP contribution in [0.15, 0.2) is 21.5 Å². The average Bonchev–Trinajstić information content (AvgIpc) is 2.35. The highest BCUT2D eigenvalue weighted by Crippen LogP contribution is 2.23. The lowest BCUT2D eigenvalue weighted by atomic mass is 10.3. The van der Waals surface area contributed by atoms with E-state index in [4.69, 9.17) is 5.11 Å². The van der Waals surface area contributed by atoms with E-state index in [1.54, 1.807) is 11.3 Å². The highest BCUT2D eigenvalue weighted by atomic mass is 79.9. The number of thiophene rings is 1. The monoisotopic (exact) mass is 232 g/mol. The predicted molar refractivity (Wildman–Crippen MR) is 52.8 cm³/mol. The van der Waals surface area contributed by atoms with Crippen LogP contribution in [0.4, 0.5) is 0 Å². The lowest BCUT2D eigenvalue weighted by molar-refractivity contribution is 0.332. The second kappa shape index (κ2) is 4.04. The standard InChI is InChI=1S/C8H9BrOS/c1-6(5-10)4-7-2-3-8(9)11-7/h2-4,10H,5H2,1H3. The highest BCUT2D eigenvalue weighted by Gasteiger charge is 1.93. The van der Waals surface area contributed by atoms with Crippen molar-refractivity contribution in [3.63, 3.8) is 0 Å². The van der Waals surface area contributed by atoms with Crippen molar-refractivity contribution in [1.82, 2.24) is 0 Å². The molecule has 0 spiro atoms. The predicted octanol–water partition coefficient (Wildman–Crippen LogP) is 2.91. The molecule has 60 valence electrons. The van der Waals surface area contributed by atoms with Crippen LogP contribution < -0.4 is 0 Å². The molecule has 0 atom stereocenters. The van der Waals surface area contributed by atoms with Crippen LogP contribution in [0.1, 0.15) is 11.8 Å². The molecule has 1 aromatic heterocycles. The van der Waals surface area contributed by atoms with E-state index in [0.717, 1.165) is 9.36 Å². The van der Waals surface area contributed by atoms with Crippen molar-refractivity contribution in [2.75, 3.05) is 6.61 Å². The fourth-order valence-corrected chi connectivity index (χ4v) is 2.14. The smallest absolute Gasteiger partial charge is 0.0704 e. The summed E-state index contributed by atoms with van der Waals surface area (Å²) >= 11 is 5.03. The maximum absolute atomic E-state index is 8.73. The number of aliphatic hydroxyl groups excluding tert-OH is 1. The number of hydrogen-bond acceptors (Lipinski definition) is 2. The summed E-state index contributed by atoms with van der Waals surface area (Å²) in [6.07, 6.45) is 1.98. The minimum absolute atomic E-state index is 0.134. The Hall–Kier alpha value is -0.120. The molecule has 0 aliphatic rings. The van der Waals surface area contributed by atoms with Crippen LogP contribution in [0.3, 0.4) is 0 Å². The van der Waals surface area contributed by atoms with Gasteiger partial charge in [-0.3, -0.25) is 0 Å². The quantitative estimate of drug-likeness (QED) is 0.832. The van der Waals surface area contributed by atoms with Gasteiger partial charge in [0.1, 0.15) is 0 Å². The summed E-state index contributed by atoms with van der Waals surface area (Å²) in [7, 11) is 0. The van der Waals surface area contributed by atoms with E-state index < -0.39 is 0 Å². The zero-order valence-electron chi connectivity index (χ0n) is 6.17. The minimum atomic E-state index is 0.134. The Kier molecular flexibility index (Phi) is 3.30. The Labute approximate surface area is 78.5 Å². The molecule has 0 fully saturated rings. The van der Waals surface area contributed by atoms with Crippen molar-refractivity contribution in [2.45, 2.75) is 6.92 Å². The number of halogens is 1. The lowest BCUT2D eigenvalue weighted by Crippen LogP contribution is -1.81. The fourth-order valence-electron chi connectivity index (χ4n) is 0.694. The molecule has 0 aliphatic carbocycles. The molecule has 0 saturated carbocycles. The third-order valence-corrected chi connectivity index (χ3v) is 2.80. The Morgan fingerprint density at radius 1 is 1.73 bits per heavy atom. The van der Waals surface area contributed by atoms with E-state index in [0.29, 0.717) is 0 Å². The number of aliphatic hydroxyl groups is 1. The van der Waals surface area contributed by atoms with Gasteiger partial charge in [0, 0.05) is 4.88 Å². The van der Waals surface area contributed by atoms with Crippen molar-refractivity contribution in [1.29, 1.82) is 0 Å². The fraction of sp³-hybridized carbons (Fsp3) is 0.250. The van der Waals surface area contributed by atoms with E-state index in [9.17, 15) is 0 Å². The Morgan fingerprint density at radius 3 is 2.91 bits per heavy atom. The van der Waals surface area contributed by atoms with Crippen LogP contribution in [0.25, 0.3) is 6.08 Å². The van der Waals surface area contributed by atoms with Crippen molar-refractivity contribution in [3.8, 4) is 0 Å². The molecule has 1 aromatic rings. The summed E-state index contributed by atoms with van der Waals surface area (Å²) in [5.74, 6) is 0. The highest BCUT2D eigenvalue weighted by molar-refractivity contribution is 9.11. The van der Waals surface area contributed by atoms with Gasteiger partial charge in [0.2, 0.25) is 0 Å². The molecule has 0 radical (unpaired) electrons. The molecule has 1 rings (SSSR count). The molecular formula is C8H9BrOS. The molecule has 0 amide bonds. The van der Waals surface area contributed by atoms with Crippen molar-refractivity contribution >= 4 is 33.3 Å². The molecule has 1 N–H and O–H groups in total. The van der Waals surface area contributed by atoms with Gasteiger partial charge in [0.25, 0.3) is 0 Å². The van der Waals surface area contributed by atoms with Crippen molar-refractivity contribution < 1.29 is 5.11 Å². The average molecular weight is 233 g/mol. The summed E-state index contributed by atoms with van der Waals surface area (Å²) in [6.45, 7) is 2.04. The van der Waals surface area contributed by atoms with Gasteiger partial charge in [-0.05, 0) is 46.6 Å². The summed E-state index contributed by atoms with van der Waals surface area (Å²) < 4.78 is 1.12. The molecule has 0 unspecified atom stereocenters. The van der Waals surface area contributed by atoms with E-state index in [2.05, 4.69) is 15.9 Å². The van der Waals surface area contributed by atoms with Crippen molar-refractivity contribution in [3.05, 3.63) is 26.4 Å². The van der Waals surface area contributed by atoms with Gasteiger partial charge in [0.05, 0.1) is 10.4 Å². The summed E-state index contributed by atoms with van der Waals surface area (Å²) in [4.78, 5) is 1.17. The van der Waals surface area contributed by atoms with Crippen LogP contribution in [-0.2, 0) is 0 Å². The van der Waals surface area contributed by atoms with Gasteiger partial charge in [-0.2, -0.15) is 0 Å². The van der Waals surface area contributed by atoms with E-state index in [-0.39, 0.29) is 6.61 Å². The Balaban J connectivity index is 2.78. The molecule has 0 aliphatic heterocycles. The molecule has 0 bridgehead atoms. The SMILES string of the molecule is CC(=Cc1ccc(Br)s1)CO. The van der Waals surface area contributed by atoms with Crippen LogP contribution in [-0.4, -0.2) is 11.7 Å².